The Hall–Kier alpha value is -1.47. The number of anilines is 2. The normalized spacial score (nSPS) is 28.4. The predicted octanol–water partition coefficient (Wildman–Crippen LogP) is 0.247. The molecule has 100 valence electrons. The number of nitrogens with two attached hydrogens (primary N) is 1. The van der Waals surface area contributed by atoms with Crippen LogP contribution in [0.4, 0.5) is 16.2 Å². The van der Waals surface area contributed by atoms with Crippen LogP contribution in [0.2, 0.25) is 0 Å². The third kappa shape index (κ3) is 2.51. The molecular formula is C11H17FN4O2. The van der Waals surface area contributed by atoms with Crippen LogP contribution in [-0.2, 0) is 9.47 Å². The molecule has 1 aliphatic heterocycles. The van der Waals surface area contributed by atoms with Crippen molar-refractivity contribution in [3.63, 3.8) is 0 Å². The summed E-state index contributed by atoms with van der Waals surface area (Å²) in [6.45, 7) is 0.640. The molecule has 2 N–H and O–H groups in total. The zero-order valence-corrected chi connectivity index (χ0v) is 10.4. The maximum atomic E-state index is 14.0. The highest BCUT2D eigenvalue weighted by molar-refractivity contribution is 5.38. The van der Waals surface area contributed by atoms with Gasteiger partial charge in [0.15, 0.2) is 0 Å². The van der Waals surface area contributed by atoms with Crippen LogP contribution in [0, 0.1) is 0 Å². The molecule has 0 unspecified atom stereocenters. The van der Waals surface area contributed by atoms with Crippen molar-refractivity contribution in [2.75, 3.05) is 37.9 Å². The second-order valence-electron chi connectivity index (χ2n) is 4.18. The summed E-state index contributed by atoms with van der Waals surface area (Å²) in [7, 11) is 3.02. The van der Waals surface area contributed by atoms with Crippen LogP contribution in [0.25, 0.3) is 0 Å². The topological polar surface area (TPSA) is 73.5 Å². The molecule has 1 aromatic heterocycles. The van der Waals surface area contributed by atoms with Crippen molar-refractivity contribution < 1.29 is 13.9 Å². The van der Waals surface area contributed by atoms with Gasteiger partial charge in [-0.05, 0) is 6.07 Å². The molecule has 3 atom stereocenters. The Bertz CT molecular complexity index is 406. The lowest BCUT2D eigenvalue weighted by atomic mass is 10.0. The molecule has 0 aromatic carbocycles. The van der Waals surface area contributed by atoms with Gasteiger partial charge in [0, 0.05) is 27.0 Å². The molecule has 1 fully saturated rings. The Balaban J connectivity index is 2.16. The smallest absolute Gasteiger partial charge is 0.227 e. The molecule has 1 aromatic rings. The fourth-order valence-electron chi connectivity index (χ4n) is 2.13. The molecule has 0 radical (unpaired) electrons. The first kappa shape index (κ1) is 13.0. The van der Waals surface area contributed by atoms with Gasteiger partial charge in [-0.3, -0.25) is 0 Å². The zero-order valence-electron chi connectivity index (χ0n) is 10.4. The lowest BCUT2D eigenvalue weighted by molar-refractivity contribution is -0.0794. The van der Waals surface area contributed by atoms with E-state index in [1.807, 2.05) is 0 Å². The second kappa shape index (κ2) is 5.45. The second-order valence-corrected chi connectivity index (χ2v) is 4.18. The van der Waals surface area contributed by atoms with Crippen molar-refractivity contribution in [2.24, 2.45) is 0 Å². The molecule has 18 heavy (non-hydrogen) atoms. The Morgan fingerprint density at radius 2 is 2.17 bits per heavy atom. The molecule has 2 heterocycles. The summed E-state index contributed by atoms with van der Waals surface area (Å²) in [5.74, 6) is 0.771. The van der Waals surface area contributed by atoms with Gasteiger partial charge in [0.2, 0.25) is 5.95 Å². The number of nitrogen functional groups attached to an aromatic ring is 1. The van der Waals surface area contributed by atoms with E-state index in [-0.39, 0.29) is 12.6 Å². The first-order valence-electron chi connectivity index (χ1n) is 5.69. The van der Waals surface area contributed by atoms with Crippen molar-refractivity contribution >= 4 is 11.8 Å². The number of halogens is 1. The first-order valence-corrected chi connectivity index (χ1v) is 5.69. The standard InChI is InChI=1S/C11H17FN4O2/c1-17-8-6-16(5-7(12)10(8)18-2)11-14-4-3-9(13)15-11/h3-4,7-8,10H,5-6H2,1-2H3,(H2,13,14,15)/t7-,8+,10-/m1/s1. The maximum Gasteiger partial charge on any atom is 0.227 e. The largest absolute Gasteiger partial charge is 0.384 e. The van der Waals surface area contributed by atoms with Gasteiger partial charge in [-0.25, -0.2) is 9.37 Å². The molecule has 0 aliphatic carbocycles. The maximum absolute atomic E-state index is 14.0. The lowest BCUT2D eigenvalue weighted by Crippen LogP contribution is -2.55. The minimum absolute atomic E-state index is 0.168. The predicted molar refractivity (Wildman–Crippen MR) is 65.1 cm³/mol. The molecule has 0 amide bonds. The Kier molecular flexibility index (Phi) is 3.93. The van der Waals surface area contributed by atoms with Gasteiger partial charge in [-0.15, -0.1) is 0 Å². The van der Waals surface area contributed by atoms with E-state index in [0.717, 1.165) is 0 Å². The van der Waals surface area contributed by atoms with Crippen LogP contribution in [0.15, 0.2) is 12.3 Å². The monoisotopic (exact) mass is 256 g/mol. The number of alkyl halides is 1. The van der Waals surface area contributed by atoms with Crippen LogP contribution >= 0.6 is 0 Å². The summed E-state index contributed by atoms with van der Waals surface area (Å²) >= 11 is 0. The molecular weight excluding hydrogens is 239 g/mol. The third-order valence-electron chi connectivity index (χ3n) is 3.04. The molecule has 0 spiro atoms. The van der Waals surface area contributed by atoms with E-state index in [2.05, 4.69) is 9.97 Å². The fourth-order valence-corrected chi connectivity index (χ4v) is 2.13. The number of rotatable bonds is 3. The SMILES string of the molecule is CO[C@@H]1[C@H](F)CN(c2nccc(N)n2)C[C@@H]1OC. The van der Waals surface area contributed by atoms with E-state index < -0.39 is 12.3 Å². The third-order valence-corrected chi connectivity index (χ3v) is 3.04. The van der Waals surface area contributed by atoms with Crippen molar-refractivity contribution in [2.45, 2.75) is 18.4 Å². The number of methoxy groups -OCH3 is 2. The van der Waals surface area contributed by atoms with Crippen LogP contribution in [0.1, 0.15) is 0 Å². The Labute approximate surface area is 105 Å². The summed E-state index contributed by atoms with van der Waals surface area (Å²) in [5.41, 5.74) is 5.59. The van der Waals surface area contributed by atoms with Crippen molar-refractivity contribution in [1.82, 2.24) is 9.97 Å². The molecule has 1 aliphatic rings. The van der Waals surface area contributed by atoms with E-state index in [4.69, 9.17) is 15.2 Å². The van der Waals surface area contributed by atoms with E-state index in [1.54, 1.807) is 17.2 Å². The minimum atomic E-state index is -1.15. The minimum Gasteiger partial charge on any atom is -0.384 e. The fraction of sp³-hybridized carbons (Fsp3) is 0.636. The molecule has 7 heteroatoms. The average molecular weight is 256 g/mol. The van der Waals surface area contributed by atoms with Gasteiger partial charge in [0.1, 0.15) is 24.2 Å². The van der Waals surface area contributed by atoms with Gasteiger partial charge >= 0.3 is 0 Å². The molecule has 6 nitrogen and oxygen atoms in total. The number of nitrogens with zero attached hydrogens (tertiary/aromatic N) is 3. The van der Waals surface area contributed by atoms with Crippen molar-refractivity contribution in [3.8, 4) is 0 Å². The van der Waals surface area contributed by atoms with Gasteiger partial charge in [0.05, 0.1) is 6.54 Å². The number of hydrogen-bond acceptors (Lipinski definition) is 6. The highest BCUT2D eigenvalue weighted by Gasteiger charge is 2.38. The molecule has 1 saturated heterocycles. The summed E-state index contributed by atoms with van der Waals surface area (Å²) in [5, 5.41) is 0. The van der Waals surface area contributed by atoms with Gasteiger partial charge in [0.25, 0.3) is 0 Å². The summed E-state index contributed by atoms with van der Waals surface area (Å²) < 4.78 is 24.4. The van der Waals surface area contributed by atoms with Crippen LogP contribution in [0.5, 0.6) is 0 Å². The van der Waals surface area contributed by atoms with Gasteiger partial charge in [-0.2, -0.15) is 4.98 Å². The van der Waals surface area contributed by atoms with E-state index in [1.165, 1.54) is 14.2 Å². The van der Waals surface area contributed by atoms with Gasteiger partial charge < -0.3 is 20.1 Å². The molecule has 0 saturated carbocycles. The highest BCUT2D eigenvalue weighted by atomic mass is 19.1. The van der Waals surface area contributed by atoms with Crippen LogP contribution in [0.3, 0.4) is 0 Å². The van der Waals surface area contributed by atoms with Gasteiger partial charge in [-0.1, -0.05) is 0 Å². The first-order chi connectivity index (χ1) is 8.65. The summed E-state index contributed by atoms with van der Waals surface area (Å²) in [6, 6.07) is 1.59. The molecule has 0 bridgehead atoms. The van der Waals surface area contributed by atoms with Crippen LogP contribution < -0.4 is 10.6 Å². The number of hydrogen-bond donors (Lipinski definition) is 1. The van der Waals surface area contributed by atoms with E-state index in [9.17, 15) is 4.39 Å². The van der Waals surface area contributed by atoms with Crippen molar-refractivity contribution in [1.29, 1.82) is 0 Å². The van der Waals surface area contributed by atoms with Crippen molar-refractivity contribution in [3.05, 3.63) is 12.3 Å². The average Bonchev–Trinajstić information content (AvgIpc) is 2.37. The molecule has 2 rings (SSSR count). The highest BCUT2D eigenvalue weighted by Crippen LogP contribution is 2.22. The lowest BCUT2D eigenvalue weighted by Gasteiger charge is -2.39. The van der Waals surface area contributed by atoms with E-state index >= 15 is 0 Å². The quantitative estimate of drug-likeness (QED) is 0.835. The summed E-state index contributed by atoms with van der Waals surface area (Å²) in [4.78, 5) is 9.88. The zero-order chi connectivity index (χ0) is 13.1. The Morgan fingerprint density at radius 3 is 2.78 bits per heavy atom. The number of piperidine rings is 1. The van der Waals surface area contributed by atoms with E-state index in [0.29, 0.717) is 18.3 Å². The van der Waals surface area contributed by atoms with Crippen LogP contribution in [-0.4, -0.2) is 55.7 Å². The number of ether oxygens (including phenoxy) is 2. The number of aromatic nitrogens is 2. The Morgan fingerprint density at radius 1 is 1.39 bits per heavy atom. The summed E-state index contributed by atoms with van der Waals surface area (Å²) in [6.07, 6.45) is -0.524.